The number of hydrogen-bond donors (Lipinski definition) is 0. The van der Waals surface area contributed by atoms with Gasteiger partial charge < -0.3 is 14.2 Å². The Morgan fingerprint density at radius 2 is 1.71 bits per heavy atom. The van der Waals surface area contributed by atoms with Crippen LogP contribution in [0.1, 0.15) is 60.5 Å². The zero-order valence-electron chi connectivity index (χ0n) is 27.1. The number of methoxy groups -OCH3 is 1. The van der Waals surface area contributed by atoms with Crippen LogP contribution in [0.25, 0.3) is 11.8 Å². The van der Waals surface area contributed by atoms with Gasteiger partial charge in [-0.3, -0.25) is 9.36 Å². The maximum Gasteiger partial charge on any atom is 0.338 e. The fraction of sp³-hybridized carbons (Fsp3) is 0.205. The number of hydrogen-bond acceptors (Lipinski definition) is 7. The molecule has 1 aliphatic rings. The predicted octanol–water partition coefficient (Wildman–Crippen LogP) is 6.79. The van der Waals surface area contributed by atoms with Gasteiger partial charge in [0.05, 0.1) is 35.6 Å². The van der Waals surface area contributed by atoms with Gasteiger partial charge in [-0.15, -0.1) is 0 Å². The summed E-state index contributed by atoms with van der Waals surface area (Å²) in [5.74, 6) is 0.192. The minimum Gasteiger partial charge on any atom is -0.493 e. The number of rotatable bonds is 10. The Labute approximate surface area is 281 Å². The van der Waals surface area contributed by atoms with E-state index in [9.17, 15) is 14.0 Å². The minimum absolute atomic E-state index is 0.0369. The van der Waals surface area contributed by atoms with E-state index in [1.165, 1.54) is 24.5 Å². The topological polar surface area (TPSA) is 79.1 Å². The quantitative estimate of drug-likeness (QED) is 0.154. The molecule has 0 fully saturated rings. The summed E-state index contributed by atoms with van der Waals surface area (Å²) in [6, 6.07) is 28.4. The summed E-state index contributed by atoms with van der Waals surface area (Å²) in [6.45, 7) is 6.11. The first-order valence-corrected chi connectivity index (χ1v) is 16.5. The van der Waals surface area contributed by atoms with E-state index in [-0.39, 0.29) is 30.2 Å². The molecular formula is C39H35FN2O5S. The molecule has 5 aromatic rings. The second kappa shape index (κ2) is 14.2. The highest BCUT2D eigenvalue weighted by Crippen LogP contribution is 2.36. The first-order valence-electron chi connectivity index (χ1n) is 15.7. The molecule has 48 heavy (non-hydrogen) atoms. The maximum absolute atomic E-state index is 14.4. The largest absolute Gasteiger partial charge is 0.493 e. The first-order chi connectivity index (χ1) is 23.3. The fourth-order valence-corrected chi connectivity index (χ4v) is 6.68. The molecule has 0 radical (unpaired) electrons. The van der Waals surface area contributed by atoms with Gasteiger partial charge in [-0.25, -0.2) is 14.2 Å². The van der Waals surface area contributed by atoms with Crippen molar-refractivity contribution in [3.05, 3.63) is 156 Å². The van der Waals surface area contributed by atoms with E-state index in [0.717, 1.165) is 16.7 Å². The molecule has 1 atom stereocenters. The van der Waals surface area contributed by atoms with Gasteiger partial charge in [-0.2, -0.15) is 0 Å². The number of para-hydroxylation sites is 1. The summed E-state index contributed by atoms with van der Waals surface area (Å²) < 4.78 is 33.7. The van der Waals surface area contributed by atoms with Gasteiger partial charge in [0, 0.05) is 16.7 Å². The zero-order valence-corrected chi connectivity index (χ0v) is 27.9. The highest BCUT2D eigenvalue weighted by molar-refractivity contribution is 7.07. The molecule has 0 spiro atoms. The number of carbonyl (C=O) groups excluding carboxylic acids is 1. The van der Waals surface area contributed by atoms with Gasteiger partial charge in [0.2, 0.25) is 0 Å². The van der Waals surface area contributed by atoms with Crippen molar-refractivity contribution in [2.24, 2.45) is 4.99 Å². The number of thiazole rings is 1. The highest BCUT2D eigenvalue weighted by Gasteiger charge is 2.35. The Kier molecular flexibility index (Phi) is 9.68. The van der Waals surface area contributed by atoms with Crippen LogP contribution in [-0.4, -0.2) is 24.3 Å². The molecule has 6 rings (SSSR count). The number of benzene rings is 4. The van der Waals surface area contributed by atoms with E-state index in [1.54, 1.807) is 54.0 Å². The Hall–Kier alpha value is -5.28. The lowest BCUT2D eigenvalue weighted by molar-refractivity contribution is -0.138. The number of esters is 1. The van der Waals surface area contributed by atoms with E-state index in [1.807, 2.05) is 54.6 Å². The van der Waals surface area contributed by atoms with Gasteiger partial charge >= 0.3 is 5.97 Å². The van der Waals surface area contributed by atoms with Crippen LogP contribution >= 0.6 is 11.3 Å². The number of nitrogens with zero attached hydrogens (tertiary/aromatic N) is 2. The van der Waals surface area contributed by atoms with Crippen molar-refractivity contribution < 1.29 is 23.4 Å². The number of ether oxygens (including phenoxy) is 3. The van der Waals surface area contributed by atoms with Crippen molar-refractivity contribution in [3.63, 3.8) is 0 Å². The Morgan fingerprint density at radius 1 is 0.979 bits per heavy atom. The third-order valence-corrected chi connectivity index (χ3v) is 9.12. The van der Waals surface area contributed by atoms with Gasteiger partial charge in [0.25, 0.3) is 5.56 Å². The van der Waals surface area contributed by atoms with Crippen LogP contribution in [0.4, 0.5) is 4.39 Å². The molecule has 4 aromatic carbocycles. The minimum atomic E-state index is -0.791. The Balaban J connectivity index is 1.56. The number of fused-ring (bicyclic) bond motifs is 1. The summed E-state index contributed by atoms with van der Waals surface area (Å²) in [4.78, 5) is 33.6. The molecular weight excluding hydrogens is 628 g/mol. The molecule has 9 heteroatoms. The summed E-state index contributed by atoms with van der Waals surface area (Å²) in [5.41, 5.74) is 4.00. The van der Waals surface area contributed by atoms with Crippen molar-refractivity contribution in [3.8, 4) is 11.5 Å². The molecule has 1 aliphatic heterocycles. The predicted molar refractivity (Wildman–Crippen MR) is 185 cm³/mol. The third kappa shape index (κ3) is 6.46. The summed E-state index contributed by atoms with van der Waals surface area (Å²) in [5, 5.41) is 0. The van der Waals surface area contributed by atoms with Crippen LogP contribution in [-0.2, 0) is 16.1 Å². The SMILES string of the molecule is CCOC(=O)C1=C(c2ccccc2)N=c2s/c(=C\c3cccc(OC)c3OCc3ccccc3F)c(=O)n2[C@H]1c1ccc(C(C)C)cc1. The van der Waals surface area contributed by atoms with Crippen LogP contribution in [0, 0.1) is 5.82 Å². The van der Waals surface area contributed by atoms with E-state index < -0.39 is 12.0 Å². The van der Waals surface area contributed by atoms with Gasteiger partial charge in [0.1, 0.15) is 12.4 Å². The molecule has 0 saturated heterocycles. The summed E-state index contributed by atoms with van der Waals surface area (Å²) in [6.07, 6.45) is 1.72. The molecule has 0 unspecified atom stereocenters. The van der Waals surface area contributed by atoms with Crippen molar-refractivity contribution in [2.45, 2.75) is 39.3 Å². The monoisotopic (exact) mass is 662 g/mol. The lowest BCUT2D eigenvalue weighted by atomic mass is 9.91. The van der Waals surface area contributed by atoms with Crippen molar-refractivity contribution in [1.82, 2.24) is 4.57 Å². The smallest absolute Gasteiger partial charge is 0.338 e. The number of aromatic nitrogens is 1. The second-order valence-corrected chi connectivity index (χ2v) is 12.5. The van der Waals surface area contributed by atoms with Gasteiger partial charge in [0.15, 0.2) is 16.3 Å². The summed E-state index contributed by atoms with van der Waals surface area (Å²) >= 11 is 1.21. The van der Waals surface area contributed by atoms with Crippen LogP contribution in [0.15, 0.2) is 112 Å². The molecule has 0 bridgehead atoms. The highest BCUT2D eigenvalue weighted by atomic mass is 32.1. The fourth-order valence-electron chi connectivity index (χ4n) is 5.69. The van der Waals surface area contributed by atoms with Crippen molar-refractivity contribution >= 4 is 29.1 Å². The van der Waals surface area contributed by atoms with Crippen LogP contribution in [0.2, 0.25) is 0 Å². The molecule has 2 heterocycles. The Bertz CT molecular complexity index is 2170. The maximum atomic E-state index is 14.4. The summed E-state index contributed by atoms with van der Waals surface area (Å²) in [7, 11) is 1.52. The average Bonchev–Trinajstić information content (AvgIpc) is 3.41. The normalized spacial score (nSPS) is 14.5. The second-order valence-electron chi connectivity index (χ2n) is 11.5. The lowest BCUT2D eigenvalue weighted by Gasteiger charge is -2.26. The average molecular weight is 663 g/mol. The molecule has 7 nitrogen and oxygen atoms in total. The third-order valence-electron chi connectivity index (χ3n) is 8.14. The van der Waals surface area contributed by atoms with Crippen LogP contribution < -0.4 is 24.4 Å². The van der Waals surface area contributed by atoms with E-state index in [0.29, 0.717) is 43.6 Å². The molecule has 1 aromatic heterocycles. The van der Waals surface area contributed by atoms with Gasteiger partial charge in [-0.05, 0) is 42.2 Å². The van der Waals surface area contributed by atoms with Crippen LogP contribution in [0.3, 0.4) is 0 Å². The molecule has 0 aliphatic carbocycles. The molecule has 0 amide bonds. The van der Waals surface area contributed by atoms with Gasteiger partial charge in [-0.1, -0.05) is 110 Å². The standard InChI is InChI=1S/C39H35FN2O5S/c1-5-46-38(44)33-34(26-12-7-6-8-13-26)41-39-42(35(33)27-20-18-25(19-21-27)24(2)3)37(43)32(48-39)22-28-15-11-17-31(45-4)36(28)47-23-29-14-9-10-16-30(29)40/h6-22,24,35H,5,23H2,1-4H3/b32-22-/t35-/m0/s1. The van der Waals surface area contributed by atoms with Crippen molar-refractivity contribution in [2.75, 3.05) is 13.7 Å². The molecule has 0 N–H and O–H groups in total. The van der Waals surface area contributed by atoms with Crippen molar-refractivity contribution in [1.29, 1.82) is 0 Å². The molecule has 0 saturated carbocycles. The first kappa shape index (κ1) is 32.7. The van der Waals surface area contributed by atoms with E-state index in [4.69, 9.17) is 19.2 Å². The van der Waals surface area contributed by atoms with Crippen LogP contribution in [0.5, 0.6) is 11.5 Å². The molecule has 244 valence electrons. The zero-order chi connectivity index (χ0) is 33.8. The van der Waals surface area contributed by atoms with E-state index in [2.05, 4.69) is 13.8 Å². The lowest BCUT2D eigenvalue weighted by Crippen LogP contribution is -2.40. The van der Waals surface area contributed by atoms with E-state index >= 15 is 0 Å². The Morgan fingerprint density at radius 3 is 2.40 bits per heavy atom. The number of carbonyl (C=O) groups is 1. The number of halogens is 1.